The van der Waals surface area contributed by atoms with Crippen LogP contribution >= 0.6 is 11.3 Å². The van der Waals surface area contributed by atoms with Crippen molar-refractivity contribution >= 4 is 17.2 Å². The van der Waals surface area contributed by atoms with Gasteiger partial charge in [-0.25, -0.2) is 0 Å². The van der Waals surface area contributed by atoms with Crippen LogP contribution in [0.2, 0.25) is 0 Å². The molecule has 0 aliphatic heterocycles. The first-order valence-electron chi connectivity index (χ1n) is 5.70. The highest BCUT2D eigenvalue weighted by atomic mass is 32.1. The zero-order valence-corrected chi connectivity index (χ0v) is 11.5. The van der Waals surface area contributed by atoms with Gasteiger partial charge in [0.15, 0.2) is 0 Å². The Morgan fingerprint density at radius 1 is 1.61 bits per heavy atom. The Balaban J connectivity index is 2.56. The number of carbonyl (C=O) groups excluding carboxylic acids is 1. The fourth-order valence-corrected chi connectivity index (χ4v) is 2.45. The average molecular weight is 266 g/mol. The van der Waals surface area contributed by atoms with Crippen molar-refractivity contribution in [2.24, 2.45) is 5.73 Å². The summed E-state index contributed by atoms with van der Waals surface area (Å²) in [6, 6.07) is 4.07. The van der Waals surface area contributed by atoms with Crippen molar-refractivity contribution in [1.29, 1.82) is 0 Å². The molecule has 0 aliphatic carbocycles. The lowest BCUT2D eigenvalue weighted by atomic mass is 10.2. The van der Waals surface area contributed by atoms with Gasteiger partial charge in [-0.3, -0.25) is 9.69 Å². The van der Waals surface area contributed by atoms with Crippen LogP contribution in [-0.4, -0.2) is 35.6 Å². The zero-order valence-electron chi connectivity index (χ0n) is 10.6. The normalized spacial score (nSPS) is 12.0. The average Bonchev–Trinajstić information content (AvgIpc) is 2.73. The highest BCUT2D eigenvalue weighted by Gasteiger charge is 2.12. The third-order valence-electron chi connectivity index (χ3n) is 2.61. The Hall–Kier alpha value is -1.35. The van der Waals surface area contributed by atoms with Crippen molar-refractivity contribution in [1.82, 2.24) is 4.90 Å². The summed E-state index contributed by atoms with van der Waals surface area (Å²) in [5, 5.41) is 8.62. The van der Waals surface area contributed by atoms with Crippen molar-refractivity contribution < 1.29 is 9.90 Å². The molecule has 1 aromatic rings. The van der Waals surface area contributed by atoms with Gasteiger partial charge in [0, 0.05) is 23.9 Å². The smallest absolute Gasteiger partial charge is 0.218 e. The van der Waals surface area contributed by atoms with E-state index in [0.29, 0.717) is 6.42 Å². The number of hydrogen-bond donors (Lipinski definition) is 2. The Morgan fingerprint density at radius 2 is 2.33 bits per heavy atom. The van der Waals surface area contributed by atoms with Crippen molar-refractivity contribution in [2.45, 2.75) is 25.9 Å². The van der Waals surface area contributed by atoms with Crippen molar-refractivity contribution in [3.05, 3.63) is 21.9 Å². The summed E-state index contributed by atoms with van der Waals surface area (Å²) in [7, 11) is 1.96. The van der Waals surface area contributed by atoms with E-state index in [4.69, 9.17) is 10.8 Å². The summed E-state index contributed by atoms with van der Waals surface area (Å²) in [5.74, 6) is 5.21. The van der Waals surface area contributed by atoms with Gasteiger partial charge < -0.3 is 10.8 Å². The molecule has 0 saturated carbocycles. The second-order valence-electron chi connectivity index (χ2n) is 4.16. The molecular weight excluding hydrogens is 248 g/mol. The lowest BCUT2D eigenvalue weighted by Gasteiger charge is -2.22. The fraction of sp³-hybridized carbons (Fsp3) is 0.462. The van der Waals surface area contributed by atoms with Crippen LogP contribution < -0.4 is 5.73 Å². The van der Waals surface area contributed by atoms with Crippen LogP contribution in [0.1, 0.15) is 23.1 Å². The molecule has 18 heavy (non-hydrogen) atoms. The molecule has 0 saturated heterocycles. The third kappa shape index (κ3) is 4.88. The van der Waals surface area contributed by atoms with Gasteiger partial charge in [-0.15, -0.1) is 11.3 Å². The second kappa shape index (κ2) is 7.17. The van der Waals surface area contributed by atoms with Gasteiger partial charge in [0.2, 0.25) is 5.91 Å². The van der Waals surface area contributed by atoms with E-state index in [0.717, 1.165) is 11.4 Å². The van der Waals surface area contributed by atoms with Crippen LogP contribution in [-0.2, 0) is 11.3 Å². The number of thiophene rings is 1. The summed E-state index contributed by atoms with van der Waals surface area (Å²) < 4.78 is 0. The van der Waals surface area contributed by atoms with E-state index in [1.807, 2.05) is 26.1 Å². The van der Waals surface area contributed by atoms with E-state index in [9.17, 15) is 4.79 Å². The molecule has 1 unspecified atom stereocenters. The number of primary amides is 1. The molecule has 0 fully saturated rings. The Kier molecular flexibility index (Phi) is 5.86. The maximum absolute atomic E-state index is 10.8. The van der Waals surface area contributed by atoms with Gasteiger partial charge in [0.25, 0.3) is 0 Å². The molecule has 1 rings (SSSR count). The number of rotatable bonds is 5. The van der Waals surface area contributed by atoms with Gasteiger partial charge in [-0.2, -0.15) is 0 Å². The van der Waals surface area contributed by atoms with Crippen LogP contribution in [0.25, 0.3) is 0 Å². The largest absolute Gasteiger partial charge is 0.384 e. The first-order chi connectivity index (χ1) is 8.52. The molecule has 0 aromatic carbocycles. The molecular formula is C13H18N2O2S. The first kappa shape index (κ1) is 14.7. The number of nitrogens with zero attached hydrogens (tertiary/aromatic N) is 1. The third-order valence-corrected chi connectivity index (χ3v) is 3.59. The Labute approximate surface area is 111 Å². The van der Waals surface area contributed by atoms with Gasteiger partial charge in [0.05, 0.1) is 4.88 Å². The van der Waals surface area contributed by atoms with E-state index >= 15 is 0 Å². The molecule has 3 N–H and O–H groups in total. The number of aliphatic hydroxyl groups is 1. The molecule has 5 heteroatoms. The molecule has 0 aliphatic rings. The minimum absolute atomic E-state index is 0.122. The molecule has 0 radical (unpaired) electrons. The molecule has 1 atom stereocenters. The lowest BCUT2D eigenvalue weighted by Crippen LogP contribution is -2.32. The van der Waals surface area contributed by atoms with Crippen LogP contribution in [0, 0.1) is 11.8 Å². The standard InChI is InChI=1S/C13H18N2O2S/c1-10(8-13(14)17)15(2)9-12-6-5-11(18-12)4-3-7-16/h5-6,10,16H,7-9H2,1-2H3,(H2,14,17). The van der Waals surface area contributed by atoms with Gasteiger partial charge in [-0.05, 0) is 26.1 Å². The second-order valence-corrected chi connectivity index (χ2v) is 5.33. The lowest BCUT2D eigenvalue weighted by molar-refractivity contribution is -0.119. The van der Waals surface area contributed by atoms with Crippen molar-refractivity contribution in [2.75, 3.05) is 13.7 Å². The first-order valence-corrected chi connectivity index (χ1v) is 6.51. The summed E-state index contributed by atoms with van der Waals surface area (Å²) in [5.41, 5.74) is 5.18. The number of aliphatic hydroxyl groups excluding tert-OH is 1. The van der Waals surface area contributed by atoms with Crippen LogP contribution in [0.15, 0.2) is 12.1 Å². The highest BCUT2D eigenvalue weighted by molar-refractivity contribution is 7.12. The minimum Gasteiger partial charge on any atom is -0.384 e. The summed E-state index contributed by atoms with van der Waals surface area (Å²) in [6.07, 6.45) is 0.360. The van der Waals surface area contributed by atoms with E-state index in [2.05, 4.69) is 16.7 Å². The Bertz CT molecular complexity index is 459. The SMILES string of the molecule is CC(CC(N)=O)N(C)Cc1ccc(C#CCO)s1. The predicted octanol–water partition coefficient (Wildman–Crippen LogP) is 0.788. The highest BCUT2D eigenvalue weighted by Crippen LogP contribution is 2.18. The zero-order chi connectivity index (χ0) is 13.5. The number of amides is 1. The topological polar surface area (TPSA) is 66.6 Å². The van der Waals surface area contributed by atoms with E-state index in [1.54, 1.807) is 11.3 Å². The van der Waals surface area contributed by atoms with E-state index in [1.165, 1.54) is 4.88 Å². The summed E-state index contributed by atoms with van der Waals surface area (Å²) >= 11 is 1.59. The maximum Gasteiger partial charge on any atom is 0.218 e. The van der Waals surface area contributed by atoms with Crippen LogP contribution in [0.5, 0.6) is 0 Å². The van der Waals surface area contributed by atoms with Gasteiger partial charge in [0.1, 0.15) is 6.61 Å². The van der Waals surface area contributed by atoms with Gasteiger partial charge in [-0.1, -0.05) is 11.8 Å². The van der Waals surface area contributed by atoms with Crippen LogP contribution in [0.4, 0.5) is 0 Å². The van der Waals surface area contributed by atoms with Gasteiger partial charge >= 0.3 is 0 Å². The van der Waals surface area contributed by atoms with Crippen molar-refractivity contribution in [3.8, 4) is 11.8 Å². The molecule has 0 spiro atoms. The molecule has 1 amide bonds. The summed E-state index contributed by atoms with van der Waals surface area (Å²) in [6.45, 7) is 2.62. The number of hydrogen-bond acceptors (Lipinski definition) is 4. The predicted molar refractivity (Wildman–Crippen MR) is 73.0 cm³/mol. The van der Waals surface area contributed by atoms with Crippen LogP contribution in [0.3, 0.4) is 0 Å². The quantitative estimate of drug-likeness (QED) is 0.774. The van der Waals surface area contributed by atoms with E-state index < -0.39 is 0 Å². The summed E-state index contributed by atoms with van der Waals surface area (Å²) in [4.78, 5) is 15.0. The number of carbonyl (C=O) groups is 1. The molecule has 4 nitrogen and oxygen atoms in total. The minimum atomic E-state index is -0.282. The fourth-order valence-electron chi connectivity index (χ4n) is 1.51. The van der Waals surface area contributed by atoms with Crippen molar-refractivity contribution in [3.63, 3.8) is 0 Å². The maximum atomic E-state index is 10.8. The molecule has 0 bridgehead atoms. The number of nitrogens with two attached hydrogens (primary N) is 1. The monoisotopic (exact) mass is 266 g/mol. The molecule has 1 aromatic heterocycles. The molecule has 1 heterocycles. The Morgan fingerprint density at radius 3 is 2.94 bits per heavy atom. The van der Waals surface area contributed by atoms with E-state index in [-0.39, 0.29) is 18.6 Å². The molecule has 98 valence electrons.